The van der Waals surface area contributed by atoms with Gasteiger partial charge in [-0.3, -0.25) is 9.59 Å². The molecule has 2 aromatic rings. The molecule has 2 aromatic carbocycles. The molecule has 30 heavy (non-hydrogen) atoms. The molecular formula is C22H14O8. The molecule has 0 saturated carbocycles. The Bertz CT molecular complexity index is 1270. The first kappa shape index (κ1) is 19.1. The summed E-state index contributed by atoms with van der Waals surface area (Å²) in [5, 5.41) is 1.21. The second-order valence-corrected chi connectivity index (χ2v) is 6.27. The Kier molecular flexibility index (Phi) is 4.67. The normalized spacial score (nSPS) is 14.5. The summed E-state index contributed by atoms with van der Waals surface area (Å²) in [5.41, 5.74) is 0.0934. The van der Waals surface area contributed by atoms with Crippen LogP contribution < -0.4 is 20.9 Å². The van der Waals surface area contributed by atoms with Gasteiger partial charge in [0.1, 0.15) is 0 Å². The quantitative estimate of drug-likeness (QED) is 0.623. The number of fused-ring (bicyclic) bond motifs is 3. The van der Waals surface area contributed by atoms with E-state index in [4.69, 9.17) is 9.47 Å². The van der Waals surface area contributed by atoms with Crippen LogP contribution in [0.1, 0.15) is 0 Å². The van der Waals surface area contributed by atoms with Crippen molar-refractivity contribution in [3.05, 3.63) is 69.4 Å². The predicted molar refractivity (Wildman–Crippen MR) is 102 cm³/mol. The number of hydrogen-bond acceptors (Lipinski definition) is 8. The van der Waals surface area contributed by atoms with Crippen LogP contribution in [0.4, 0.5) is 9.59 Å². The van der Waals surface area contributed by atoms with Crippen LogP contribution in [0.5, 0.6) is 0 Å². The first-order chi connectivity index (χ1) is 14.5. The molecule has 0 radical (unpaired) electrons. The van der Waals surface area contributed by atoms with Gasteiger partial charge in [-0.1, -0.05) is 48.5 Å². The summed E-state index contributed by atoms with van der Waals surface area (Å²) in [6, 6.07) is 12.9. The standard InChI is InChI=1S/C22H14O8/c1-27-21(25)29-19-13-9-5-3-7-11(13)16-15(17(19)23)12-8-4-6-10-14(12)20(18(16)24)30-22(26)28-2/h3-10H,1-2H3. The molecule has 0 unspecified atom stereocenters. The van der Waals surface area contributed by atoms with Gasteiger partial charge < -0.3 is 18.9 Å². The molecule has 4 rings (SSSR count). The maximum absolute atomic E-state index is 13.3. The van der Waals surface area contributed by atoms with Crippen molar-refractivity contribution in [3.63, 3.8) is 0 Å². The molecule has 0 saturated heterocycles. The Morgan fingerprint density at radius 2 is 0.933 bits per heavy atom. The topological polar surface area (TPSA) is 105 Å². The first-order valence-corrected chi connectivity index (χ1v) is 8.76. The molecule has 0 bridgehead atoms. The molecule has 150 valence electrons. The van der Waals surface area contributed by atoms with Crippen LogP contribution in [0.25, 0.3) is 22.7 Å². The van der Waals surface area contributed by atoms with E-state index in [1.165, 1.54) is 0 Å². The minimum Gasteiger partial charge on any atom is -0.437 e. The third-order valence-electron chi connectivity index (χ3n) is 4.70. The number of methoxy groups -OCH3 is 2. The van der Waals surface area contributed by atoms with E-state index in [1.807, 2.05) is 0 Å². The van der Waals surface area contributed by atoms with E-state index in [-0.39, 0.29) is 33.1 Å². The van der Waals surface area contributed by atoms with E-state index in [0.29, 0.717) is 10.4 Å². The van der Waals surface area contributed by atoms with E-state index in [2.05, 4.69) is 9.47 Å². The predicted octanol–water partition coefficient (Wildman–Crippen LogP) is -0.364. The smallest absolute Gasteiger partial charge is 0.437 e. The summed E-state index contributed by atoms with van der Waals surface area (Å²) in [6.45, 7) is 0. The molecule has 8 heteroatoms. The molecule has 2 aliphatic carbocycles. The fraction of sp³-hybridized carbons (Fsp3) is 0.0909. The Hall–Kier alpha value is -4.20. The summed E-state index contributed by atoms with van der Waals surface area (Å²) in [5.74, 6) is -1.83. The Balaban J connectivity index is 2.16. The van der Waals surface area contributed by atoms with Gasteiger partial charge in [0.05, 0.1) is 14.2 Å². The van der Waals surface area contributed by atoms with Crippen LogP contribution in [0, 0.1) is 0 Å². The van der Waals surface area contributed by atoms with Crippen molar-refractivity contribution in [1.29, 1.82) is 0 Å². The van der Waals surface area contributed by atoms with Gasteiger partial charge in [0.25, 0.3) is 0 Å². The average Bonchev–Trinajstić information content (AvgIpc) is 2.77. The average molecular weight is 406 g/mol. The highest BCUT2D eigenvalue weighted by Gasteiger charge is 2.37. The number of Topliss-reactive ketones (excluding diaryl/α,β-unsaturated/α-hetero) is 2. The lowest BCUT2D eigenvalue weighted by molar-refractivity contribution is -0.112. The second kappa shape index (κ2) is 7.32. The number of benzene rings is 2. The summed E-state index contributed by atoms with van der Waals surface area (Å²) in [4.78, 5) is 50.2. The minimum atomic E-state index is -1.06. The summed E-state index contributed by atoms with van der Waals surface area (Å²) in [7, 11) is 2.25. The van der Waals surface area contributed by atoms with Crippen LogP contribution >= 0.6 is 0 Å². The molecule has 0 aliphatic heterocycles. The van der Waals surface area contributed by atoms with Crippen molar-refractivity contribution < 1.29 is 38.1 Å². The highest BCUT2D eigenvalue weighted by atomic mass is 16.7. The fourth-order valence-electron chi connectivity index (χ4n) is 3.46. The van der Waals surface area contributed by atoms with Crippen molar-refractivity contribution in [3.8, 4) is 0 Å². The van der Waals surface area contributed by atoms with E-state index >= 15 is 0 Å². The summed E-state index contributed by atoms with van der Waals surface area (Å²) < 4.78 is 19.3. The Morgan fingerprint density at radius 3 is 1.27 bits per heavy atom. The number of ether oxygens (including phenoxy) is 4. The van der Waals surface area contributed by atoms with Gasteiger partial charge in [0.15, 0.2) is 11.5 Å². The number of rotatable bonds is 2. The lowest BCUT2D eigenvalue weighted by atomic mass is 9.83. The number of carbonyl (C=O) groups excluding carboxylic acids is 4. The Labute approximate surface area is 168 Å². The monoisotopic (exact) mass is 406 g/mol. The molecule has 0 amide bonds. The minimum absolute atomic E-state index is 0.0467. The van der Waals surface area contributed by atoms with Crippen LogP contribution in [0.3, 0.4) is 0 Å². The van der Waals surface area contributed by atoms with Gasteiger partial charge in [-0.2, -0.15) is 0 Å². The summed E-state index contributed by atoms with van der Waals surface area (Å²) >= 11 is 0. The van der Waals surface area contributed by atoms with E-state index in [0.717, 1.165) is 14.2 Å². The van der Waals surface area contributed by atoms with Crippen molar-refractivity contribution in [2.75, 3.05) is 14.2 Å². The molecule has 0 atom stereocenters. The lowest BCUT2D eigenvalue weighted by Gasteiger charge is -2.21. The maximum atomic E-state index is 13.3. The first-order valence-electron chi connectivity index (χ1n) is 8.76. The van der Waals surface area contributed by atoms with Gasteiger partial charge in [-0.05, 0) is 10.4 Å². The van der Waals surface area contributed by atoms with Crippen molar-refractivity contribution in [2.45, 2.75) is 0 Å². The van der Waals surface area contributed by atoms with Gasteiger partial charge >= 0.3 is 12.3 Å². The van der Waals surface area contributed by atoms with Gasteiger partial charge in [-0.25, -0.2) is 9.59 Å². The molecule has 0 heterocycles. The number of hydrogen-bond donors (Lipinski definition) is 0. The van der Waals surface area contributed by atoms with E-state index in [9.17, 15) is 19.2 Å². The van der Waals surface area contributed by atoms with E-state index in [1.54, 1.807) is 48.5 Å². The highest BCUT2D eigenvalue weighted by Crippen LogP contribution is 2.25. The van der Waals surface area contributed by atoms with Gasteiger partial charge in [0, 0.05) is 21.6 Å². The molecule has 0 fully saturated rings. The van der Waals surface area contributed by atoms with Gasteiger partial charge in [-0.15, -0.1) is 0 Å². The zero-order valence-electron chi connectivity index (χ0n) is 15.9. The number of carbonyl (C=O) groups is 4. The van der Waals surface area contributed by atoms with Crippen molar-refractivity contribution in [2.24, 2.45) is 0 Å². The fourth-order valence-corrected chi connectivity index (χ4v) is 3.46. The van der Waals surface area contributed by atoms with Crippen molar-refractivity contribution in [1.82, 2.24) is 0 Å². The van der Waals surface area contributed by atoms with E-state index < -0.39 is 23.9 Å². The molecule has 0 aromatic heterocycles. The SMILES string of the molecule is COC(=O)OC1=c2ccccc2=C2C(=O)C(OC(=O)OC)=c3ccccc3=C2C1=O. The third kappa shape index (κ3) is 2.86. The second-order valence-electron chi connectivity index (χ2n) is 6.27. The lowest BCUT2D eigenvalue weighted by Crippen LogP contribution is -2.47. The number of ketones is 2. The molecule has 0 spiro atoms. The molecule has 8 nitrogen and oxygen atoms in total. The molecule has 0 N–H and O–H groups in total. The highest BCUT2D eigenvalue weighted by molar-refractivity contribution is 6.58. The van der Waals surface area contributed by atoms with Crippen LogP contribution in [-0.4, -0.2) is 38.1 Å². The van der Waals surface area contributed by atoms with Crippen LogP contribution in [0.15, 0.2) is 48.5 Å². The zero-order valence-corrected chi connectivity index (χ0v) is 15.9. The molecular weight excluding hydrogens is 392 g/mol. The van der Waals surface area contributed by atoms with Crippen molar-refractivity contribution >= 4 is 46.5 Å². The summed E-state index contributed by atoms with van der Waals surface area (Å²) in [6.07, 6.45) is -2.12. The molecule has 2 aliphatic rings. The maximum Gasteiger partial charge on any atom is 0.513 e. The zero-order chi connectivity index (χ0) is 21.4. The van der Waals surface area contributed by atoms with Crippen LogP contribution in [-0.2, 0) is 28.5 Å². The Morgan fingerprint density at radius 1 is 0.600 bits per heavy atom. The van der Waals surface area contributed by atoms with Crippen LogP contribution in [0.2, 0.25) is 0 Å². The largest absolute Gasteiger partial charge is 0.513 e. The third-order valence-corrected chi connectivity index (χ3v) is 4.70. The van der Waals surface area contributed by atoms with Gasteiger partial charge in [0.2, 0.25) is 11.6 Å².